The van der Waals surface area contributed by atoms with E-state index in [0.717, 1.165) is 48.2 Å². The molecule has 2 rings (SSSR count). The Hall–Kier alpha value is -3.45. The molecule has 0 aromatic carbocycles. The molecule has 13 heteroatoms. The Morgan fingerprint density at radius 3 is 1.62 bits per heavy atom. The molecule has 2 heterocycles. The van der Waals surface area contributed by atoms with E-state index in [0.29, 0.717) is 34.9 Å². The van der Waals surface area contributed by atoms with Crippen LogP contribution >= 0.6 is 23.5 Å². The molecular formula is C27H40N6O5S2. The molecule has 11 nitrogen and oxygen atoms in total. The number of carbonyl (C=O) groups is 3. The predicted molar refractivity (Wildman–Crippen MR) is 163 cm³/mol. The van der Waals surface area contributed by atoms with Crippen LogP contribution in [0.4, 0.5) is 11.6 Å². The Balaban J connectivity index is 0.000000634. The van der Waals surface area contributed by atoms with Crippen molar-refractivity contribution in [1.29, 1.82) is 0 Å². The van der Waals surface area contributed by atoms with Gasteiger partial charge in [-0.3, -0.25) is 4.79 Å². The van der Waals surface area contributed by atoms with Gasteiger partial charge in [0, 0.05) is 30.8 Å². The fourth-order valence-corrected chi connectivity index (χ4v) is 3.60. The minimum absolute atomic E-state index is 0.359. The maximum absolute atomic E-state index is 11.3. The van der Waals surface area contributed by atoms with Crippen molar-refractivity contribution in [3.63, 3.8) is 0 Å². The first-order valence-corrected chi connectivity index (χ1v) is 15.0. The molecule has 0 fully saturated rings. The molecular weight excluding hydrogens is 552 g/mol. The van der Waals surface area contributed by atoms with Crippen molar-refractivity contribution in [1.82, 2.24) is 19.9 Å². The topological polar surface area (TPSA) is 145 Å². The average molecular weight is 593 g/mol. The first kappa shape index (κ1) is 36.5. The van der Waals surface area contributed by atoms with Crippen LogP contribution in [0, 0.1) is 13.8 Å². The number of nitrogens with zero attached hydrogens (tertiary/aromatic N) is 4. The third-order valence-corrected chi connectivity index (χ3v) is 5.62. The van der Waals surface area contributed by atoms with Gasteiger partial charge in [0.1, 0.15) is 11.6 Å². The van der Waals surface area contributed by atoms with Crippen LogP contribution in [0.1, 0.15) is 55.0 Å². The first-order chi connectivity index (χ1) is 19.1. The van der Waals surface area contributed by atoms with Gasteiger partial charge in [0.25, 0.3) is 0 Å². The van der Waals surface area contributed by atoms with Crippen molar-refractivity contribution in [3.8, 4) is 0 Å². The number of carbonyl (C=O) groups excluding carboxylic acids is 3. The number of aromatic nitrogens is 4. The Bertz CT molecular complexity index is 1140. The maximum atomic E-state index is 11.3. The van der Waals surface area contributed by atoms with Crippen molar-refractivity contribution in [2.45, 2.75) is 51.9 Å². The van der Waals surface area contributed by atoms with Gasteiger partial charge in [0.2, 0.25) is 0 Å². The summed E-state index contributed by atoms with van der Waals surface area (Å²) < 4.78 is 9.29. The van der Waals surface area contributed by atoms with E-state index >= 15 is 0 Å². The van der Waals surface area contributed by atoms with E-state index in [1.807, 2.05) is 40.2 Å². The lowest BCUT2D eigenvalue weighted by molar-refractivity contribution is -0.138. The third kappa shape index (κ3) is 13.6. The Labute approximate surface area is 245 Å². The fraction of sp³-hybridized carbons (Fsp3) is 0.444. The molecule has 2 aromatic heterocycles. The van der Waals surface area contributed by atoms with Gasteiger partial charge in [0.15, 0.2) is 16.6 Å². The molecule has 0 radical (unpaired) electrons. The summed E-state index contributed by atoms with van der Waals surface area (Å²) in [7, 11) is 0. The highest BCUT2D eigenvalue weighted by Gasteiger charge is 2.10. The highest BCUT2D eigenvalue weighted by molar-refractivity contribution is 7.98. The predicted octanol–water partition coefficient (Wildman–Crippen LogP) is 5.00. The second kappa shape index (κ2) is 21.4. The third-order valence-electron chi connectivity index (χ3n) is 4.53. The lowest BCUT2D eigenvalue weighted by atomic mass is 10.2. The largest absolute Gasteiger partial charge is 0.463 e. The number of hydrogen-bond donors (Lipinski definition) is 2. The number of rotatable bonds is 12. The molecule has 0 saturated carbocycles. The van der Waals surface area contributed by atoms with Crippen molar-refractivity contribution in [2.75, 3.05) is 49.4 Å². The number of esters is 2. The highest BCUT2D eigenvalue weighted by atomic mass is 32.2. The smallest absolute Gasteiger partial charge is 0.330 e. The molecule has 0 saturated heterocycles. The van der Waals surface area contributed by atoms with Gasteiger partial charge in [-0.25, -0.2) is 29.5 Å². The second-order valence-corrected chi connectivity index (χ2v) is 8.88. The molecule has 0 aliphatic carbocycles. The molecule has 0 unspecified atom stereocenters. The van der Waals surface area contributed by atoms with Gasteiger partial charge in [-0.1, -0.05) is 30.1 Å². The summed E-state index contributed by atoms with van der Waals surface area (Å²) in [5, 5.41) is 7.62. The normalized spacial score (nSPS) is 9.90. The van der Waals surface area contributed by atoms with Crippen LogP contribution in [-0.2, 0) is 19.1 Å². The summed E-state index contributed by atoms with van der Waals surface area (Å²) in [5.74, 6) is 0.639. The van der Waals surface area contributed by atoms with Crippen molar-refractivity contribution >= 4 is 59.5 Å². The SMILES string of the molecule is C=CC(=O)OCC.CCNc1nc(SC)nc(C)c1/C=C/C(=O)OCC.CCNc1nc(SC)nc(C)c1C=O. The quantitative estimate of drug-likeness (QED) is 0.112. The zero-order valence-electron chi connectivity index (χ0n) is 24.5. The van der Waals surface area contributed by atoms with E-state index in [4.69, 9.17) is 4.74 Å². The number of ether oxygens (including phenoxy) is 2. The second-order valence-electron chi connectivity index (χ2n) is 7.34. The molecule has 0 bridgehead atoms. The number of nitrogens with one attached hydrogen (secondary N) is 2. The Morgan fingerprint density at radius 1 is 0.800 bits per heavy atom. The van der Waals surface area contributed by atoms with E-state index in [1.165, 1.54) is 29.6 Å². The van der Waals surface area contributed by atoms with Crippen LogP contribution in [0.25, 0.3) is 6.08 Å². The Kier molecular flexibility index (Phi) is 19.5. The molecule has 0 spiro atoms. The summed E-state index contributed by atoms with van der Waals surface area (Å²) in [5.41, 5.74) is 2.91. The minimum atomic E-state index is -0.363. The van der Waals surface area contributed by atoms with Gasteiger partial charge >= 0.3 is 11.9 Å². The monoisotopic (exact) mass is 592 g/mol. The molecule has 0 atom stereocenters. The van der Waals surface area contributed by atoms with Crippen molar-refractivity contribution in [2.24, 2.45) is 0 Å². The molecule has 40 heavy (non-hydrogen) atoms. The maximum Gasteiger partial charge on any atom is 0.330 e. The van der Waals surface area contributed by atoms with Crippen molar-refractivity contribution < 1.29 is 23.9 Å². The Morgan fingerprint density at radius 2 is 1.25 bits per heavy atom. The van der Waals surface area contributed by atoms with Crippen LogP contribution in [-0.4, -0.2) is 77.0 Å². The van der Waals surface area contributed by atoms with Gasteiger partial charge in [-0.2, -0.15) is 0 Å². The van der Waals surface area contributed by atoms with Gasteiger partial charge in [0.05, 0.1) is 30.2 Å². The molecule has 0 aliphatic heterocycles. The first-order valence-electron chi connectivity index (χ1n) is 12.6. The fourth-order valence-electron chi connectivity index (χ4n) is 2.78. The van der Waals surface area contributed by atoms with Crippen molar-refractivity contribution in [3.05, 3.63) is 41.2 Å². The lowest BCUT2D eigenvalue weighted by Gasteiger charge is -2.10. The number of hydrogen-bond acceptors (Lipinski definition) is 13. The minimum Gasteiger partial charge on any atom is -0.463 e. The summed E-state index contributed by atoms with van der Waals surface area (Å²) in [6, 6.07) is 0. The number of aryl methyl sites for hydroxylation is 2. The molecule has 2 aromatic rings. The van der Waals surface area contributed by atoms with Crippen LogP contribution in [0.3, 0.4) is 0 Å². The van der Waals surface area contributed by atoms with Gasteiger partial charge in [-0.05, 0) is 60.1 Å². The van der Waals surface area contributed by atoms with Crippen LogP contribution in [0.15, 0.2) is 29.0 Å². The lowest BCUT2D eigenvalue weighted by Crippen LogP contribution is -2.07. The number of anilines is 2. The number of thioether (sulfide) groups is 2. The zero-order valence-corrected chi connectivity index (χ0v) is 26.1. The van der Waals surface area contributed by atoms with E-state index < -0.39 is 0 Å². The van der Waals surface area contributed by atoms with Crippen LogP contribution in [0.5, 0.6) is 0 Å². The zero-order chi connectivity index (χ0) is 30.5. The molecule has 2 N–H and O–H groups in total. The van der Waals surface area contributed by atoms with Gasteiger partial charge < -0.3 is 20.1 Å². The van der Waals surface area contributed by atoms with E-state index in [2.05, 4.69) is 41.9 Å². The summed E-state index contributed by atoms with van der Waals surface area (Å²) in [6.07, 6.45) is 8.86. The molecule has 0 amide bonds. The highest BCUT2D eigenvalue weighted by Crippen LogP contribution is 2.22. The summed E-state index contributed by atoms with van der Waals surface area (Å²) in [6.45, 7) is 16.7. The summed E-state index contributed by atoms with van der Waals surface area (Å²) in [4.78, 5) is 49.4. The molecule has 0 aliphatic rings. The average Bonchev–Trinajstić information content (AvgIpc) is 2.93. The summed E-state index contributed by atoms with van der Waals surface area (Å²) >= 11 is 2.95. The van der Waals surface area contributed by atoms with E-state index in [-0.39, 0.29) is 11.9 Å². The van der Waals surface area contributed by atoms with Crippen LogP contribution < -0.4 is 10.6 Å². The standard InChI is InChI=1S/C13H19N3O2S.C9H13N3OS.C5H8O2/c1-5-14-12-10(7-8-11(17)18-6-2)9(3)15-13(16-12)19-4;1-4-10-8-7(5-13)6(2)11-9(12-8)14-3;1-3-5(6)7-4-2/h7-8H,5-6H2,1-4H3,(H,14,15,16);5H,4H2,1-3H3,(H,10,11,12);3H,1,4H2,2H3/b8-7+;;. The van der Waals surface area contributed by atoms with E-state index in [9.17, 15) is 14.4 Å². The van der Waals surface area contributed by atoms with Gasteiger partial charge in [-0.15, -0.1) is 0 Å². The van der Waals surface area contributed by atoms with Crippen LogP contribution in [0.2, 0.25) is 0 Å². The molecule has 220 valence electrons. The number of aldehydes is 1. The van der Waals surface area contributed by atoms with E-state index in [1.54, 1.807) is 19.9 Å².